The van der Waals surface area contributed by atoms with Gasteiger partial charge in [-0.2, -0.15) is 4.90 Å². The van der Waals surface area contributed by atoms with Gasteiger partial charge in [-0.3, -0.25) is 0 Å². The van der Waals surface area contributed by atoms with Crippen molar-refractivity contribution in [1.82, 2.24) is 14.5 Å². The lowest BCUT2D eigenvalue weighted by atomic mass is 9.80. The Hall–Kier alpha value is -3.95. The largest absolute Gasteiger partial charge is 0.509 e. The summed E-state index contributed by atoms with van der Waals surface area (Å²) in [6.45, 7) is 20.7. The summed E-state index contributed by atoms with van der Waals surface area (Å²) in [6.07, 6.45) is -2.99. The van der Waals surface area contributed by atoms with Crippen molar-refractivity contribution in [2.75, 3.05) is 11.5 Å². The summed E-state index contributed by atoms with van der Waals surface area (Å²) in [7, 11) is -1.83. The second-order valence-electron chi connectivity index (χ2n) is 14.7. The molecule has 0 saturated heterocycles. The number of fused-ring (bicyclic) bond motifs is 3. The zero-order chi connectivity index (χ0) is 35.7. The molecule has 2 N–H and O–H groups in total. The highest BCUT2D eigenvalue weighted by atomic mass is 16.7. The Bertz CT molecular complexity index is 1600. The highest BCUT2D eigenvalue weighted by Crippen LogP contribution is 2.35. The molecule has 0 saturated carbocycles. The van der Waals surface area contributed by atoms with Crippen molar-refractivity contribution in [2.24, 2.45) is 0 Å². The fourth-order valence-corrected chi connectivity index (χ4v) is 4.50. The first-order valence-corrected chi connectivity index (χ1v) is 15.4. The average molecular weight is 659 g/mol. The van der Waals surface area contributed by atoms with E-state index in [0.29, 0.717) is 28.2 Å². The van der Waals surface area contributed by atoms with Crippen molar-refractivity contribution in [1.29, 1.82) is 0 Å². The predicted octanol–water partition coefficient (Wildman–Crippen LogP) is 5.21. The van der Waals surface area contributed by atoms with Crippen LogP contribution in [0.25, 0.3) is 21.9 Å². The Balaban J connectivity index is 2.41. The minimum atomic E-state index is -1.83. The molecule has 0 atom stereocenters. The van der Waals surface area contributed by atoms with Gasteiger partial charge in [0.25, 0.3) is 0 Å². The molecule has 3 rings (SSSR count). The number of aromatic nitrogens is 3. The number of hydrogen-bond donors (Lipinski definition) is 2. The number of pyridine rings is 1. The highest BCUT2D eigenvalue weighted by Gasteiger charge is 2.37. The minimum absolute atomic E-state index is 0.0148. The van der Waals surface area contributed by atoms with Crippen LogP contribution < -0.4 is 10.4 Å². The number of imidazole rings is 1. The van der Waals surface area contributed by atoms with Crippen LogP contribution in [0, 0.1) is 0 Å². The normalized spacial score (nSPS) is 12.6. The zero-order valence-electron chi connectivity index (χ0n) is 29.4. The first-order chi connectivity index (χ1) is 21.4. The van der Waals surface area contributed by atoms with E-state index in [-0.39, 0.29) is 35.5 Å². The number of ether oxygens (including phenoxy) is 5. The van der Waals surface area contributed by atoms with Crippen LogP contribution in [0.2, 0.25) is 0 Å². The van der Waals surface area contributed by atoms with Gasteiger partial charge in [0, 0.05) is 12.0 Å². The molecule has 0 aliphatic heterocycles. The molecule has 0 fully saturated rings. The molecule has 0 aliphatic carbocycles. The van der Waals surface area contributed by atoms with Crippen molar-refractivity contribution in [3.8, 4) is 0 Å². The number of imide groups is 1. The average Bonchev–Trinajstić information content (AvgIpc) is 3.21. The summed E-state index contributed by atoms with van der Waals surface area (Å²) in [6, 6.07) is 4.56. The van der Waals surface area contributed by atoms with E-state index in [1.165, 1.54) is 12.1 Å². The minimum Gasteiger partial charge on any atom is -0.443 e. The monoisotopic (exact) mass is 658 g/mol. The molecular weight excluding hydrogens is 611 g/mol. The first-order valence-electron chi connectivity index (χ1n) is 15.4. The van der Waals surface area contributed by atoms with E-state index in [1.807, 2.05) is 6.92 Å². The summed E-state index contributed by atoms with van der Waals surface area (Å²) >= 11 is 0. The Morgan fingerprint density at radius 2 is 1.38 bits per heavy atom. The van der Waals surface area contributed by atoms with E-state index in [1.54, 1.807) is 86.8 Å². The first kappa shape index (κ1) is 37.5. The third-order valence-electron chi connectivity index (χ3n) is 6.15. The van der Waals surface area contributed by atoms with Crippen LogP contribution in [-0.2, 0) is 36.8 Å². The van der Waals surface area contributed by atoms with Crippen molar-refractivity contribution in [3.63, 3.8) is 0 Å². The van der Waals surface area contributed by atoms with Crippen molar-refractivity contribution in [3.05, 3.63) is 24.0 Å². The Morgan fingerprint density at radius 3 is 1.87 bits per heavy atom. The smallest absolute Gasteiger partial charge is 0.443 e. The highest BCUT2D eigenvalue weighted by molar-refractivity contribution is 6.59. The van der Waals surface area contributed by atoms with Gasteiger partial charge in [-0.15, -0.1) is 0 Å². The summed E-state index contributed by atoms with van der Waals surface area (Å²) in [5, 5.41) is 20.4. The molecule has 15 heteroatoms. The summed E-state index contributed by atoms with van der Waals surface area (Å²) in [5.41, 5.74) is -3.10. The number of anilines is 1. The van der Waals surface area contributed by atoms with Crippen LogP contribution in [-0.4, -0.2) is 79.1 Å². The van der Waals surface area contributed by atoms with Gasteiger partial charge in [0.2, 0.25) is 0 Å². The van der Waals surface area contributed by atoms with Crippen molar-refractivity contribution < 1.29 is 48.1 Å². The van der Waals surface area contributed by atoms with E-state index < -0.39 is 47.9 Å². The van der Waals surface area contributed by atoms with Crippen LogP contribution in [0.15, 0.2) is 18.2 Å². The quantitative estimate of drug-likeness (QED) is 0.184. The molecule has 2 aromatic heterocycles. The molecule has 3 aromatic rings. The lowest BCUT2D eigenvalue weighted by Gasteiger charge is -2.29. The Labute approximate surface area is 275 Å². The van der Waals surface area contributed by atoms with Gasteiger partial charge in [-0.25, -0.2) is 24.4 Å². The number of carbonyl (C=O) groups is 3. The van der Waals surface area contributed by atoms with Gasteiger partial charge in [-0.1, -0.05) is 12.1 Å². The number of rotatable bonds is 8. The number of nitrogens with zero attached hydrogens (tertiary/aromatic N) is 4. The molecule has 47 heavy (non-hydrogen) atoms. The van der Waals surface area contributed by atoms with Crippen LogP contribution >= 0.6 is 0 Å². The fourth-order valence-electron chi connectivity index (χ4n) is 4.50. The Morgan fingerprint density at radius 1 is 0.830 bits per heavy atom. The van der Waals surface area contributed by atoms with Gasteiger partial charge < -0.3 is 38.3 Å². The number of amides is 2. The molecule has 0 aliphatic rings. The summed E-state index contributed by atoms with van der Waals surface area (Å²) in [5.74, 6) is 0.154. The molecule has 2 heterocycles. The Kier molecular flexibility index (Phi) is 10.9. The van der Waals surface area contributed by atoms with Gasteiger partial charge in [-0.05, 0) is 94.6 Å². The van der Waals surface area contributed by atoms with E-state index in [9.17, 15) is 24.4 Å². The SMILES string of the molecule is CCOCc1nc2c(N(C(=O)OC(C)(C)C)C(=O)OC(C)(C)C)nc3cc(B(O)O)ccc3c2n1CC(C)(C)OC(=O)OC(C)(C)C. The molecule has 0 bridgehead atoms. The third-order valence-corrected chi connectivity index (χ3v) is 6.15. The molecule has 258 valence electrons. The van der Waals surface area contributed by atoms with Gasteiger partial charge >= 0.3 is 25.5 Å². The van der Waals surface area contributed by atoms with E-state index in [4.69, 9.17) is 28.7 Å². The maximum Gasteiger partial charge on any atom is 0.509 e. The molecule has 1 aromatic carbocycles. The molecule has 0 spiro atoms. The van der Waals surface area contributed by atoms with Crippen molar-refractivity contribution in [2.45, 2.75) is 119 Å². The molecule has 2 amide bonds. The second-order valence-corrected chi connectivity index (χ2v) is 14.7. The predicted molar refractivity (Wildman–Crippen MR) is 177 cm³/mol. The summed E-state index contributed by atoms with van der Waals surface area (Å²) in [4.78, 5) is 50.3. The van der Waals surface area contributed by atoms with E-state index in [0.717, 1.165) is 0 Å². The maximum atomic E-state index is 13.7. The van der Waals surface area contributed by atoms with Gasteiger partial charge in [0.15, 0.2) is 5.82 Å². The molecule has 0 radical (unpaired) electrons. The zero-order valence-corrected chi connectivity index (χ0v) is 29.4. The molecule has 14 nitrogen and oxygen atoms in total. The van der Waals surface area contributed by atoms with Gasteiger partial charge in [0.1, 0.15) is 40.4 Å². The lowest BCUT2D eigenvalue weighted by Crippen LogP contribution is -2.44. The number of benzene rings is 1. The van der Waals surface area contributed by atoms with Crippen LogP contribution in [0.3, 0.4) is 0 Å². The maximum absolute atomic E-state index is 13.7. The van der Waals surface area contributed by atoms with Crippen LogP contribution in [0.4, 0.5) is 20.2 Å². The number of carbonyl (C=O) groups excluding carboxylic acids is 3. The van der Waals surface area contributed by atoms with E-state index in [2.05, 4.69) is 4.98 Å². The number of hydrogen-bond acceptors (Lipinski definition) is 12. The fraction of sp³-hybridized carbons (Fsp3) is 0.594. The van der Waals surface area contributed by atoms with Gasteiger partial charge in [0.05, 0.1) is 17.6 Å². The second kappa shape index (κ2) is 13.7. The van der Waals surface area contributed by atoms with Crippen LogP contribution in [0.5, 0.6) is 0 Å². The van der Waals surface area contributed by atoms with Crippen LogP contribution in [0.1, 0.15) is 88.9 Å². The molecule has 0 unspecified atom stereocenters. The topological polar surface area (TPSA) is 172 Å². The standard InChI is InChI=1S/C32H47BN4O10/c1-13-43-17-22-35-23-24(36(22)18-32(11,12)47-28(40)46-31(8,9)10)20-15-14-19(33(41)42)16-21(20)34-25(23)37(26(38)44-29(2,3)4)27(39)45-30(5,6)7/h14-16,41-42H,13,17-18H2,1-12H3. The van der Waals surface area contributed by atoms with E-state index >= 15 is 0 Å². The molecular formula is C32H47BN4O10. The third kappa shape index (κ3) is 10.0. The van der Waals surface area contributed by atoms with Crippen molar-refractivity contribution >= 4 is 58.7 Å². The lowest BCUT2D eigenvalue weighted by molar-refractivity contribution is -0.0584. The summed E-state index contributed by atoms with van der Waals surface area (Å²) < 4.78 is 29.8.